The van der Waals surface area contributed by atoms with Crippen LogP contribution in [0.15, 0.2) is 52.4 Å². The average Bonchev–Trinajstić information content (AvgIpc) is 2.46. The summed E-state index contributed by atoms with van der Waals surface area (Å²) in [5.74, 6) is 0.245. The van der Waals surface area contributed by atoms with E-state index < -0.39 is 20.6 Å². The van der Waals surface area contributed by atoms with Crippen LogP contribution in [0.3, 0.4) is 0 Å². The first-order chi connectivity index (χ1) is 9.90. The zero-order valence-electron chi connectivity index (χ0n) is 11.2. The van der Waals surface area contributed by atoms with Gasteiger partial charge < -0.3 is 0 Å². The molecule has 2 aromatic rings. The molecule has 1 aromatic carbocycles. The Morgan fingerprint density at radius 2 is 1.90 bits per heavy atom. The number of sulfone groups is 1. The maximum atomic E-state index is 12.2. The molecule has 1 atom stereocenters. The summed E-state index contributed by atoms with van der Waals surface area (Å²) < 4.78 is 35.0. The molecule has 0 aliphatic heterocycles. The molecule has 0 spiro atoms. The lowest BCUT2D eigenvalue weighted by molar-refractivity contribution is 0.601. The van der Waals surface area contributed by atoms with E-state index in [0.717, 1.165) is 11.8 Å². The topological polar surface area (TPSA) is 87.9 Å². The van der Waals surface area contributed by atoms with Crippen molar-refractivity contribution in [3.63, 3.8) is 0 Å². The molecule has 0 aliphatic carbocycles. The largest absolute Gasteiger partial charge is 0.254 e. The summed E-state index contributed by atoms with van der Waals surface area (Å²) in [4.78, 5) is 4.58. The fourth-order valence-electron chi connectivity index (χ4n) is 1.70. The van der Waals surface area contributed by atoms with Crippen molar-refractivity contribution in [2.24, 2.45) is 0 Å². The molecule has 0 fully saturated rings. The van der Waals surface area contributed by atoms with Gasteiger partial charge in [0.05, 0.1) is 21.4 Å². The minimum absolute atomic E-state index is 0.193. The van der Waals surface area contributed by atoms with Gasteiger partial charge >= 0.3 is 0 Å². The zero-order valence-corrected chi connectivity index (χ0v) is 12.8. The van der Waals surface area contributed by atoms with Gasteiger partial charge in [-0.05, 0) is 42.0 Å². The molecule has 0 radical (unpaired) electrons. The summed E-state index contributed by atoms with van der Waals surface area (Å²) in [5.41, 5.74) is 1.02. The van der Waals surface area contributed by atoms with Crippen molar-refractivity contribution in [3.05, 3.63) is 53.9 Å². The molecule has 1 heterocycles. The van der Waals surface area contributed by atoms with Crippen molar-refractivity contribution >= 4 is 20.6 Å². The van der Waals surface area contributed by atoms with Crippen molar-refractivity contribution < 1.29 is 12.6 Å². The predicted molar refractivity (Wildman–Crippen MR) is 78.6 cm³/mol. The van der Waals surface area contributed by atoms with Gasteiger partial charge in [0.2, 0.25) is 0 Å². The van der Waals surface area contributed by atoms with Gasteiger partial charge in [-0.15, -0.1) is 0 Å². The van der Waals surface area contributed by atoms with E-state index in [9.17, 15) is 12.6 Å². The first-order valence-corrected chi connectivity index (χ1v) is 9.15. The van der Waals surface area contributed by atoms with Crippen LogP contribution in [0.4, 0.5) is 0 Å². The fourth-order valence-corrected chi connectivity index (χ4v) is 3.42. The summed E-state index contributed by atoms with van der Waals surface area (Å²) in [6, 6.07) is 11.2. The molecular formula is C14H12N2O3S2. The third-order valence-electron chi connectivity index (χ3n) is 2.75. The Labute approximate surface area is 125 Å². The Morgan fingerprint density at radius 1 is 1.24 bits per heavy atom. The van der Waals surface area contributed by atoms with E-state index >= 15 is 0 Å². The quantitative estimate of drug-likeness (QED) is 0.855. The van der Waals surface area contributed by atoms with Gasteiger partial charge in [0, 0.05) is 17.3 Å². The lowest BCUT2D eigenvalue weighted by Gasteiger charge is -2.04. The second-order valence-electron chi connectivity index (χ2n) is 4.39. The third kappa shape index (κ3) is 3.97. The molecule has 0 aliphatic rings. The normalized spacial score (nSPS) is 12.6. The molecule has 1 aromatic heterocycles. The highest BCUT2D eigenvalue weighted by Gasteiger charge is 2.10. The van der Waals surface area contributed by atoms with E-state index in [1.165, 1.54) is 18.3 Å². The third-order valence-corrected chi connectivity index (χ3v) is 5.27. The van der Waals surface area contributed by atoms with E-state index in [0.29, 0.717) is 4.90 Å². The minimum atomic E-state index is -3.26. The van der Waals surface area contributed by atoms with Crippen molar-refractivity contribution in [1.29, 1.82) is 5.26 Å². The molecule has 0 bridgehead atoms. The van der Waals surface area contributed by atoms with Crippen LogP contribution in [0, 0.1) is 11.3 Å². The van der Waals surface area contributed by atoms with Crippen molar-refractivity contribution in [1.82, 2.24) is 4.98 Å². The summed E-state index contributed by atoms with van der Waals surface area (Å²) in [7, 11) is -4.57. The van der Waals surface area contributed by atoms with Crippen LogP contribution < -0.4 is 0 Å². The smallest absolute Gasteiger partial charge is 0.175 e. The Balaban J connectivity index is 2.19. The van der Waals surface area contributed by atoms with Crippen molar-refractivity contribution in [3.8, 4) is 6.07 Å². The molecular weight excluding hydrogens is 308 g/mol. The zero-order chi connectivity index (χ0) is 15.5. The number of aromatic nitrogens is 1. The molecule has 0 N–H and O–H groups in total. The summed E-state index contributed by atoms with van der Waals surface area (Å²) in [6.45, 7) is 0. The van der Waals surface area contributed by atoms with E-state index in [1.54, 1.807) is 24.3 Å². The Kier molecular flexibility index (Phi) is 4.50. The summed E-state index contributed by atoms with van der Waals surface area (Å²) in [6.07, 6.45) is 2.62. The SMILES string of the molecule is CS(=O)(=O)c1ccc(S(=O)Cc2ccnc(C#N)c2)cc1. The number of rotatable bonds is 4. The van der Waals surface area contributed by atoms with Crippen LogP contribution in [-0.4, -0.2) is 23.9 Å². The van der Waals surface area contributed by atoms with Gasteiger partial charge in [-0.2, -0.15) is 5.26 Å². The molecule has 1 unspecified atom stereocenters. The number of nitrogens with zero attached hydrogens (tertiary/aromatic N) is 2. The van der Waals surface area contributed by atoms with Crippen LogP contribution in [0.1, 0.15) is 11.3 Å². The Morgan fingerprint density at radius 3 is 2.48 bits per heavy atom. The molecule has 5 nitrogen and oxygen atoms in total. The van der Waals surface area contributed by atoms with Crippen LogP contribution in [0.2, 0.25) is 0 Å². The molecule has 21 heavy (non-hydrogen) atoms. The van der Waals surface area contributed by atoms with Gasteiger partial charge in [-0.25, -0.2) is 13.4 Å². The van der Waals surface area contributed by atoms with Gasteiger partial charge in [-0.3, -0.25) is 4.21 Å². The number of benzene rings is 1. The van der Waals surface area contributed by atoms with Crippen molar-refractivity contribution in [2.75, 3.05) is 6.26 Å². The molecule has 108 valence electrons. The monoisotopic (exact) mass is 320 g/mol. The van der Waals surface area contributed by atoms with E-state index in [2.05, 4.69) is 4.98 Å². The van der Waals surface area contributed by atoms with Gasteiger partial charge in [-0.1, -0.05) is 0 Å². The highest BCUT2D eigenvalue weighted by molar-refractivity contribution is 7.90. The molecule has 7 heteroatoms. The molecule has 0 saturated heterocycles. The predicted octanol–water partition coefficient (Wildman–Crippen LogP) is 1.66. The number of pyridine rings is 1. The molecule has 2 rings (SSSR count). The maximum Gasteiger partial charge on any atom is 0.175 e. The second kappa shape index (κ2) is 6.16. The summed E-state index contributed by atoms with van der Waals surface area (Å²) >= 11 is 0. The Hall–Kier alpha value is -2.04. The molecule has 0 saturated carbocycles. The van der Waals surface area contributed by atoms with Crippen LogP contribution in [0.25, 0.3) is 0 Å². The number of hydrogen-bond donors (Lipinski definition) is 0. The highest BCUT2D eigenvalue weighted by atomic mass is 32.2. The van der Waals surface area contributed by atoms with Crippen molar-refractivity contribution in [2.45, 2.75) is 15.5 Å². The van der Waals surface area contributed by atoms with E-state index in [1.807, 2.05) is 6.07 Å². The Bertz CT molecular complexity index is 822. The highest BCUT2D eigenvalue weighted by Crippen LogP contribution is 2.16. The first-order valence-electron chi connectivity index (χ1n) is 5.93. The number of nitriles is 1. The van der Waals surface area contributed by atoms with Crippen LogP contribution in [-0.2, 0) is 26.4 Å². The van der Waals surface area contributed by atoms with Gasteiger partial charge in [0.15, 0.2) is 9.84 Å². The van der Waals surface area contributed by atoms with Crippen LogP contribution in [0.5, 0.6) is 0 Å². The lowest BCUT2D eigenvalue weighted by atomic mass is 10.2. The minimum Gasteiger partial charge on any atom is -0.254 e. The molecule has 0 amide bonds. The van der Waals surface area contributed by atoms with E-state index in [-0.39, 0.29) is 16.3 Å². The fraction of sp³-hybridized carbons (Fsp3) is 0.143. The van der Waals surface area contributed by atoms with Crippen LogP contribution >= 0.6 is 0 Å². The van der Waals surface area contributed by atoms with E-state index in [4.69, 9.17) is 5.26 Å². The average molecular weight is 320 g/mol. The van der Waals surface area contributed by atoms with Gasteiger partial charge in [0.25, 0.3) is 0 Å². The van der Waals surface area contributed by atoms with Gasteiger partial charge in [0.1, 0.15) is 11.8 Å². The number of hydrogen-bond acceptors (Lipinski definition) is 5. The standard InChI is InChI=1S/C14H12N2O3S2/c1-21(18,19)14-4-2-13(3-5-14)20(17)10-11-6-7-16-12(8-11)9-15/h2-8H,10H2,1H3. The first kappa shape index (κ1) is 15.4. The lowest BCUT2D eigenvalue weighted by Crippen LogP contribution is -2.00. The summed E-state index contributed by atoms with van der Waals surface area (Å²) in [5, 5.41) is 8.77. The maximum absolute atomic E-state index is 12.2. The second-order valence-corrected chi connectivity index (χ2v) is 7.86.